The third kappa shape index (κ3) is 4.28. The van der Waals surface area contributed by atoms with Crippen molar-refractivity contribution in [3.8, 4) is 0 Å². The first-order valence-electron chi connectivity index (χ1n) is 6.33. The maximum atomic E-state index is 11.8. The lowest BCUT2D eigenvalue weighted by atomic mass is 10.2. The van der Waals surface area contributed by atoms with Gasteiger partial charge < -0.3 is 10.2 Å². The van der Waals surface area contributed by atoms with Gasteiger partial charge in [0.15, 0.2) is 0 Å². The standard InChI is InChI=1S/C15H15Br2N3O/c1-20(2)15(21)10-3-5-12(6-4-10)18-9-14-13(17)7-11(16)8-19-14/h3-8,18H,9H2,1-2H3. The quantitative estimate of drug-likeness (QED) is 0.827. The van der Waals surface area contributed by atoms with Gasteiger partial charge in [0.1, 0.15) is 0 Å². The van der Waals surface area contributed by atoms with Crippen molar-refractivity contribution >= 4 is 43.5 Å². The van der Waals surface area contributed by atoms with Crippen LogP contribution in [0.4, 0.5) is 5.69 Å². The minimum absolute atomic E-state index is 0.00105. The fourth-order valence-corrected chi connectivity index (χ4v) is 2.88. The van der Waals surface area contributed by atoms with Crippen LogP contribution in [0.5, 0.6) is 0 Å². The van der Waals surface area contributed by atoms with Crippen LogP contribution in [0.1, 0.15) is 16.1 Å². The fraction of sp³-hybridized carbons (Fsp3) is 0.200. The highest BCUT2D eigenvalue weighted by Gasteiger charge is 2.07. The Labute approximate surface area is 140 Å². The summed E-state index contributed by atoms with van der Waals surface area (Å²) < 4.78 is 1.88. The molecule has 0 unspecified atom stereocenters. The Kier molecular flexibility index (Phi) is 5.36. The van der Waals surface area contributed by atoms with E-state index in [0.717, 1.165) is 20.3 Å². The zero-order valence-corrected chi connectivity index (χ0v) is 14.9. The van der Waals surface area contributed by atoms with Gasteiger partial charge in [0.25, 0.3) is 5.91 Å². The third-order valence-corrected chi connectivity index (χ3v) is 4.00. The molecule has 6 heteroatoms. The van der Waals surface area contributed by atoms with E-state index in [0.29, 0.717) is 12.1 Å². The molecule has 0 atom stereocenters. The average molecular weight is 413 g/mol. The Hall–Kier alpha value is -1.40. The van der Waals surface area contributed by atoms with Crippen LogP contribution in [0.2, 0.25) is 0 Å². The molecule has 0 aliphatic carbocycles. The van der Waals surface area contributed by atoms with Gasteiger partial charge >= 0.3 is 0 Å². The first kappa shape index (κ1) is 16.0. The predicted octanol–water partition coefficient (Wildman–Crippen LogP) is 3.92. The van der Waals surface area contributed by atoms with E-state index in [-0.39, 0.29) is 5.91 Å². The zero-order valence-electron chi connectivity index (χ0n) is 11.7. The molecule has 21 heavy (non-hydrogen) atoms. The largest absolute Gasteiger partial charge is 0.379 e. The highest BCUT2D eigenvalue weighted by Crippen LogP contribution is 2.20. The van der Waals surface area contributed by atoms with Gasteiger partial charge in [0.2, 0.25) is 0 Å². The summed E-state index contributed by atoms with van der Waals surface area (Å²) in [5.41, 5.74) is 2.54. The van der Waals surface area contributed by atoms with Gasteiger partial charge in [-0.25, -0.2) is 0 Å². The van der Waals surface area contributed by atoms with Crippen molar-refractivity contribution in [1.29, 1.82) is 0 Å². The van der Waals surface area contributed by atoms with Crippen LogP contribution in [0, 0.1) is 0 Å². The number of halogens is 2. The SMILES string of the molecule is CN(C)C(=O)c1ccc(NCc2ncc(Br)cc2Br)cc1. The molecule has 0 spiro atoms. The fourth-order valence-electron chi connectivity index (χ4n) is 1.75. The Balaban J connectivity index is 2.02. The molecule has 2 rings (SSSR count). The normalized spacial score (nSPS) is 10.3. The first-order chi connectivity index (χ1) is 9.97. The summed E-state index contributed by atoms with van der Waals surface area (Å²) in [7, 11) is 3.48. The summed E-state index contributed by atoms with van der Waals surface area (Å²) in [5.74, 6) is -0.00105. The number of carbonyl (C=O) groups excluding carboxylic acids is 1. The van der Waals surface area contributed by atoms with E-state index in [9.17, 15) is 4.79 Å². The summed E-state index contributed by atoms with van der Waals surface area (Å²) in [6, 6.07) is 9.37. The van der Waals surface area contributed by atoms with Crippen LogP contribution >= 0.6 is 31.9 Å². The van der Waals surface area contributed by atoms with E-state index in [2.05, 4.69) is 42.2 Å². The average Bonchev–Trinajstić information content (AvgIpc) is 2.46. The topological polar surface area (TPSA) is 45.2 Å². The Bertz CT molecular complexity index is 642. The van der Waals surface area contributed by atoms with Crippen LogP contribution in [-0.4, -0.2) is 29.9 Å². The number of carbonyl (C=O) groups is 1. The van der Waals surface area contributed by atoms with Gasteiger partial charge in [0, 0.05) is 40.5 Å². The number of anilines is 1. The number of nitrogens with one attached hydrogen (secondary N) is 1. The molecule has 1 aromatic heterocycles. The molecule has 1 aromatic carbocycles. The van der Waals surface area contributed by atoms with Gasteiger partial charge in [-0.1, -0.05) is 0 Å². The zero-order chi connectivity index (χ0) is 15.4. The highest BCUT2D eigenvalue weighted by atomic mass is 79.9. The Morgan fingerprint density at radius 3 is 2.48 bits per heavy atom. The van der Waals surface area contributed by atoms with Crippen LogP contribution in [0.3, 0.4) is 0 Å². The summed E-state index contributed by atoms with van der Waals surface area (Å²) in [6.07, 6.45) is 1.76. The smallest absolute Gasteiger partial charge is 0.253 e. The molecule has 0 radical (unpaired) electrons. The number of hydrogen-bond acceptors (Lipinski definition) is 3. The van der Waals surface area contributed by atoms with Crippen LogP contribution in [-0.2, 0) is 6.54 Å². The number of amides is 1. The Morgan fingerprint density at radius 2 is 1.90 bits per heavy atom. The van der Waals surface area contributed by atoms with E-state index < -0.39 is 0 Å². The van der Waals surface area contributed by atoms with E-state index in [1.807, 2.05) is 30.3 Å². The molecule has 0 aliphatic rings. The van der Waals surface area contributed by atoms with E-state index in [1.54, 1.807) is 25.2 Å². The molecule has 0 saturated heterocycles. The second-order valence-corrected chi connectivity index (χ2v) is 6.48. The molecule has 1 N–H and O–H groups in total. The van der Waals surface area contributed by atoms with Crippen molar-refractivity contribution < 1.29 is 4.79 Å². The first-order valence-corrected chi connectivity index (χ1v) is 7.91. The Morgan fingerprint density at radius 1 is 1.24 bits per heavy atom. The predicted molar refractivity (Wildman–Crippen MR) is 91.4 cm³/mol. The number of hydrogen-bond donors (Lipinski definition) is 1. The van der Waals surface area contributed by atoms with Gasteiger partial charge in [-0.3, -0.25) is 9.78 Å². The lowest BCUT2D eigenvalue weighted by molar-refractivity contribution is 0.0827. The van der Waals surface area contributed by atoms with Gasteiger partial charge in [0.05, 0.1) is 12.2 Å². The lowest BCUT2D eigenvalue weighted by Gasteiger charge is -2.11. The molecular weight excluding hydrogens is 398 g/mol. The number of benzene rings is 1. The lowest BCUT2D eigenvalue weighted by Crippen LogP contribution is -2.21. The summed E-state index contributed by atoms with van der Waals surface area (Å²) in [4.78, 5) is 17.7. The van der Waals surface area contributed by atoms with Crippen LogP contribution < -0.4 is 5.32 Å². The highest BCUT2D eigenvalue weighted by molar-refractivity contribution is 9.11. The monoisotopic (exact) mass is 411 g/mol. The van der Waals surface area contributed by atoms with Crippen molar-refractivity contribution in [2.75, 3.05) is 19.4 Å². The number of pyridine rings is 1. The molecule has 4 nitrogen and oxygen atoms in total. The minimum Gasteiger partial charge on any atom is -0.379 e. The molecule has 0 fully saturated rings. The minimum atomic E-state index is -0.00105. The van der Waals surface area contributed by atoms with E-state index in [4.69, 9.17) is 0 Å². The molecule has 2 aromatic rings. The number of aromatic nitrogens is 1. The molecule has 1 heterocycles. The molecular formula is C15H15Br2N3O. The maximum absolute atomic E-state index is 11.8. The van der Waals surface area contributed by atoms with Crippen molar-refractivity contribution in [3.63, 3.8) is 0 Å². The van der Waals surface area contributed by atoms with Crippen molar-refractivity contribution in [2.24, 2.45) is 0 Å². The van der Waals surface area contributed by atoms with Gasteiger partial charge in [-0.05, 0) is 62.2 Å². The van der Waals surface area contributed by atoms with Gasteiger partial charge in [-0.2, -0.15) is 0 Å². The van der Waals surface area contributed by atoms with Crippen LogP contribution in [0.25, 0.3) is 0 Å². The summed E-state index contributed by atoms with van der Waals surface area (Å²) in [5, 5.41) is 3.28. The van der Waals surface area contributed by atoms with E-state index in [1.165, 1.54) is 0 Å². The van der Waals surface area contributed by atoms with Crippen molar-refractivity contribution in [3.05, 3.63) is 56.7 Å². The second kappa shape index (κ2) is 7.04. The summed E-state index contributed by atoms with van der Waals surface area (Å²) in [6.45, 7) is 0.606. The van der Waals surface area contributed by atoms with Crippen LogP contribution in [0.15, 0.2) is 45.5 Å². The third-order valence-electron chi connectivity index (χ3n) is 2.88. The summed E-state index contributed by atoms with van der Waals surface area (Å²) >= 11 is 6.86. The van der Waals surface area contributed by atoms with Gasteiger partial charge in [-0.15, -0.1) is 0 Å². The van der Waals surface area contributed by atoms with Crippen molar-refractivity contribution in [2.45, 2.75) is 6.54 Å². The maximum Gasteiger partial charge on any atom is 0.253 e. The molecule has 0 bridgehead atoms. The molecule has 1 amide bonds. The molecule has 0 saturated carbocycles. The van der Waals surface area contributed by atoms with E-state index >= 15 is 0 Å². The number of nitrogens with zero attached hydrogens (tertiary/aromatic N) is 2. The van der Waals surface area contributed by atoms with Crippen molar-refractivity contribution in [1.82, 2.24) is 9.88 Å². The second-order valence-electron chi connectivity index (χ2n) is 4.71. The molecule has 110 valence electrons. The molecule has 0 aliphatic heterocycles. The number of rotatable bonds is 4.